The largest absolute Gasteiger partial charge is 0.395 e. The van der Waals surface area contributed by atoms with Crippen LogP contribution in [0.5, 0.6) is 0 Å². The number of amides is 2. The minimum Gasteiger partial charge on any atom is -0.395 e. The molecule has 0 bridgehead atoms. The van der Waals surface area contributed by atoms with E-state index in [2.05, 4.69) is 46.3 Å². The van der Waals surface area contributed by atoms with Gasteiger partial charge in [0.25, 0.3) is 0 Å². The van der Waals surface area contributed by atoms with Gasteiger partial charge in [0.15, 0.2) is 0 Å². The average molecular weight is 472 g/mol. The second-order valence-corrected chi connectivity index (χ2v) is 10.3. The molecule has 2 amide bonds. The summed E-state index contributed by atoms with van der Waals surface area (Å²) in [6.07, 6.45) is 7.99. The molecule has 0 spiro atoms. The number of aliphatic hydroxyl groups is 1. The number of benzene rings is 2. The molecule has 1 aliphatic carbocycles. The first kappa shape index (κ1) is 23.9. The summed E-state index contributed by atoms with van der Waals surface area (Å²) in [4.78, 5) is 17.6. The Balaban J connectivity index is 1.29. The summed E-state index contributed by atoms with van der Waals surface area (Å²) in [6.45, 7) is 2.67. The van der Waals surface area contributed by atoms with Crippen LogP contribution in [0.1, 0.15) is 67.6 Å². The number of fused-ring (bicyclic) bond motifs is 1. The van der Waals surface area contributed by atoms with E-state index in [4.69, 9.17) is 0 Å². The van der Waals surface area contributed by atoms with Gasteiger partial charge in [0, 0.05) is 48.3 Å². The van der Waals surface area contributed by atoms with Gasteiger partial charge < -0.3 is 15.3 Å². The van der Waals surface area contributed by atoms with Gasteiger partial charge in [-0.25, -0.2) is 4.79 Å². The van der Waals surface area contributed by atoms with Crippen molar-refractivity contribution in [3.63, 3.8) is 0 Å². The minimum atomic E-state index is 0.0940. The highest BCUT2D eigenvalue weighted by molar-refractivity contribution is 5.74. The second kappa shape index (κ2) is 11.3. The molecule has 5 heteroatoms. The summed E-state index contributed by atoms with van der Waals surface area (Å²) in [5, 5.41) is 13.5. The molecule has 2 heterocycles. The van der Waals surface area contributed by atoms with Gasteiger partial charge in [-0.15, -0.1) is 0 Å². The number of rotatable bonds is 3. The molecule has 3 atom stereocenters. The van der Waals surface area contributed by atoms with Gasteiger partial charge in [-0.2, -0.15) is 0 Å². The molecule has 2 aliphatic heterocycles. The fourth-order valence-corrected chi connectivity index (χ4v) is 6.09. The number of nitrogens with zero attached hydrogens (tertiary/aromatic N) is 2. The van der Waals surface area contributed by atoms with Gasteiger partial charge in [-0.1, -0.05) is 61.4 Å². The van der Waals surface area contributed by atoms with E-state index in [1.165, 1.54) is 24.8 Å². The molecule has 2 aromatic carbocycles. The molecule has 3 aliphatic rings. The lowest BCUT2D eigenvalue weighted by molar-refractivity contribution is -0.0592. The number of carbonyl (C=O) groups is 1. The first-order chi connectivity index (χ1) is 17.2. The van der Waals surface area contributed by atoms with E-state index in [1.807, 2.05) is 35.2 Å². The summed E-state index contributed by atoms with van der Waals surface area (Å²) in [5.74, 6) is 6.69. The van der Waals surface area contributed by atoms with E-state index in [0.717, 1.165) is 56.4 Å². The Kier molecular flexibility index (Phi) is 7.71. The van der Waals surface area contributed by atoms with Crippen LogP contribution in [-0.2, 0) is 0 Å². The normalized spacial score (nSPS) is 25.3. The zero-order chi connectivity index (χ0) is 24.0. The Morgan fingerprint density at radius 1 is 0.886 bits per heavy atom. The number of aliphatic hydroxyl groups excluding tert-OH is 1. The Labute approximate surface area is 209 Å². The van der Waals surface area contributed by atoms with E-state index in [9.17, 15) is 9.90 Å². The predicted molar refractivity (Wildman–Crippen MR) is 139 cm³/mol. The quantitative estimate of drug-likeness (QED) is 0.655. The molecule has 0 radical (unpaired) electrons. The lowest BCUT2D eigenvalue weighted by Crippen LogP contribution is -2.68. The highest BCUT2D eigenvalue weighted by atomic mass is 16.3. The molecule has 0 aromatic heterocycles. The van der Waals surface area contributed by atoms with Crippen LogP contribution in [0, 0.1) is 11.8 Å². The fourth-order valence-electron chi connectivity index (χ4n) is 6.09. The Morgan fingerprint density at radius 3 is 2.29 bits per heavy atom. The molecular formula is C30H37N3O2. The minimum absolute atomic E-state index is 0.0940. The van der Waals surface area contributed by atoms with Crippen molar-refractivity contribution in [2.45, 2.75) is 69.0 Å². The van der Waals surface area contributed by atoms with Crippen LogP contribution in [0.4, 0.5) is 4.79 Å². The van der Waals surface area contributed by atoms with E-state index in [-0.39, 0.29) is 30.6 Å². The SMILES string of the molecule is O=C(NC1CCCCC1)N1CCCCN2C(CO)C(c3ccc(C#Cc4ccccc4)cc3)C2C1. The summed E-state index contributed by atoms with van der Waals surface area (Å²) in [7, 11) is 0. The van der Waals surface area contributed by atoms with Crippen molar-refractivity contribution in [2.75, 3.05) is 26.2 Å². The van der Waals surface area contributed by atoms with Crippen LogP contribution in [0.15, 0.2) is 54.6 Å². The van der Waals surface area contributed by atoms with Gasteiger partial charge in [-0.05, 0) is 62.1 Å². The monoisotopic (exact) mass is 471 g/mol. The van der Waals surface area contributed by atoms with Gasteiger partial charge >= 0.3 is 6.03 Å². The number of hydrogen-bond donors (Lipinski definition) is 2. The van der Waals surface area contributed by atoms with Crippen molar-refractivity contribution in [2.24, 2.45) is 0 Å². The van der Waals surface area contributed by atoms with E-state index < -0.39 is 0 Å². The first-order valence-electron chi connectivity index (χ1n) is 13.3. The molecule has 3 unspecified atom stereocenters. The molecule has 2 N–H and O–H groups in total. The van der Waals surface area contributed by atoms with Gasteiger partial charge in [0.2, 0.25) is 0 Å². The number of nitrogens with one attached hydrogen (secondary N) is 1. The van der Waals surface area contributed by atoms with Crippen molar-refractivity contribution < 1.29 is 9.90 Å². The summed E-state index contributed by atoms with van der Waals surface area (Å²) in [6, 6.07) is 19.3. The van der Waals surface area contributed by atoms with Gasteiger partial charge in [0.05, 0.1) is 6.61 Å². The van der Waals surface area contributed by atoms with Crippen LogP contribution >= 0.6 is 0 Å². The maximum atomic E-state index is 13.2. The zero-order valence-electron chi connectivity index (χ0n) is 20.5. The highest BCUT2D eigenvalue weighted by Gasteiger charge is 2.49. The van der Waals surface area contributed by atoms with Gasteiger partial charge in [0.1, 0.15) is 0 Å². The molecule has 1 saturated carbocycles. The Bertz CT molecular complexity index is 1040. The van der Waals surface area contributed by atoms with Crippen molar-refractivity contribution in [3.05, 3.63) is 71.3 Å². The molecule has 3 fully saturated rings. The Morgan fingerprint density at radius 2 is 1.57 bits per heavy atom. The topological polar surface area (TPSA) is 55.8 Å². The fraction of sp³-hybridized carbons (Fsp3) is 0.500. The predicted octanol–water partition coefficient (Wildman–Crippen LogP) is 4.35. The lowest BCUT2D eigenvalue weighted by Gasteiger charge is -2.57. The zero-order valence-corrected chi connectivity index (χ0v) is 20.5. The van der Waals surface area contributed by atoms with Crippen molar-refractivity contribution in [1.82, 2.24) is 15.1 Å². The van der Waals surface area contributed by atoms with Crippen LogP contribution in [0.25, 0.3) is 0 Å². The van der Waals surface area contributed by atoms with Crippen molar-refractivity contribution >= 4 is 6.03 Å². The second-order valence-electron chi connectivity index (χ2n) is 10.3. The highest BCUT2D eigenvalue weighted by Crippen LogP contribution is 2.42. The smallest absolute Gasteiger partial charge is 0.317 e. The van der Waals surface area contributed by atoms with Crippen LogP contribution in [-0.4, -0.2) is 65.3 Å². The van der Waals surface area contributed by atoms with E-state index >= 15 is 0 Å². The maximum absolute atomic E-state index is 13.2. The molecule has 184 valence electrons. The number of hydrogen-bond acceptors (Lipinski definition) is 3. The Hall–Kier alpha value is -2.81. The standard InChI is InChI=1S/C30H37N3O2/c34-22-28-29(25-17-15-24(16-18-25)14-13-23-9-3-1-4-10-23)27-21-32(19-7-8-20-33(27)28)30(35)31-26-11-5-2-6-12-26/h1,3-4,9-10,15-18,26-29,34H,2,5-8,11-12,19-22H2,(H,31,35). The van der Waals surface area contributed by atoms with Crippen LogP contribution in [0.3, 0.4) is 0 Å². The lowest BCUT2D eigenvalue weighted by atomic mass is 9.74. The molecule has 2 saturated heterocycles. The van der Waals surface area contributed by atoms with Crippen molar-refractivity contribution in [3.8, 4) is 11.8 Å². The summed E-state index contributed by atoms with van der Waals surface area (Å²) in [5.41, 5.74) is 3.22. The van der Waals surface area contributed by atoms with E-state index in [0.29, 0.717) is 6.04 Å². The first-order valence-corrected chi connectivity index (χ1v) is 13.3. The summed E-state index contributed by atoms with van der Waals surface area (Å²) >= 11 is 0. The maximum Gasteiger partial charge on any atom is 0.317 e. The molecule has 35 heavy (non-hydrogen) atoms. The van der Waals surface area contributed by atoms with E-state index in [1.54, 1.807) is 0 Å². The average Bonchev–Trinajstić information content (AvgIpc) is 2.88. The number of urea groups is 1. The van der Waals surface area contributed by atoms with Crippen molar-refractivity contribution in [1.29, 1.82) is 0 Å². The third kappa shape index (κ3) is 5.55. The van der Waals surface area contributed by atoms with Crippen LogP contribution in [0.2, 0.25) is 0 Å². The third-order valence-corrected chi connectivity index (χ3v) is 8.01. The number of carbonyl (C=O) groups excluding carboxylic acids is 1. The molecule has 2 aromatic rings. The molecular weight excluding hydrogens is 434 g/mol. The molecule has 5 rings (SSSR count). The van der Waals surface area contributed by atoms with Crippen LogP contribution < -0.4 is 5.32 Å². The summed E-state index contributed by atoms with van der Waals surface area (Å²) < 4.78 is 0. The van der Waals surface area contributed by atoms with Gasteiger partial charge in [-0.3, -0.25) is 4.90 Å². The molecule has 5 nitrogen and oxygen atoms in total. The third-order valence-electron chi connectivity index (χ3n) is 8.01.